The summed E-state index contributed by atoms with van der Waals surface area (Å²) in [5, 5.41) is 3.43. The summed E-state index contributed by atoms with van der Waals surface area (Å²) in [5.74, 6) is -0.873. The molecule has 1 N–H and O–H groups in total. The topological polar surface area (TPSA) is 29.1 Å². The molecular formula is C16H15ClFNO. The largest absolute Gasteiger partial charge is 0.352 e. The molecule has 0 fully saturated rings. The fourth-order valence-corrected chi connectivity index (χ4v) is 2.01. The highest BCUT2D eigenvalue weighted by Gasteiger charge is 2.09. The molecule has 0 spiro atoms. The van der Waals surface area contributed by atoms with Crippen LogP contribution in [0.2, 0.25) is 5.02 Å². The number of nitrogens with one attached hydrogen (secondary N) is 1. The molecule has 1 amide bonds. The molecule has 0 aliphatic rings. The van der Waals surface area contributed by atoms with Crippen molar-refractivity contribution in [2.75, 3.05) is 6.54 Å². The maximum Gasteiger partial charge on any atom is 0.254 e. The lowest BCUT2D eigenvalue weighted by molar-refractivity contribution is 0.0949. The molecule has 0 unspecified atom stereocenters. The van der Waals surface area contributed by atoms with Crippen LogP contribution >= 0.6 is 11.6 Å². The van der Waals surface area contributed by atoms with Gasteiger partial charge in [-0.05, 0) is 42.7 Å². The van der Waals surface area contributed by atoms with Gasteiger partial charge in [0, 0.05) is 11.6 Å². The Morgan fingerprint density at radius 2 is 1.80 bits per heavy atom. The number of amides is 1. The fraction of sp³-hybridized carbons (Fsp3) is 0.188. The van der Waals surface area contributed by atoms with Crippen molar-refractivity contribution in [3.05, 3.63) is 70.5 Å². The summed E-state index contributed by atoms with van der Waals surface area (Å²) in [6.07, 6.45) is 1.64. The number of aryl methyl sites for hydroxylation is 1. The predicted octanol–water partition coefficient (Wildman–Crippen LogP) is 3.84. The number of halogens is 2. The monoisotopic (exact) mass is 291 g/mol. The van der Waals surface area contributed by atoms with Crippen LogP contribution in [0.25, 0.3) is 0 Å². The normalized spacial score (nSPS) is 10.3. The maximum atomic E-state index is 13.4. The lowest BCUT2D eigenvalue weighted by atomic mass is 10.1. The third-order valence-electron chi connectivity index (χ3n) is 2.96. The molecule has 104 valence electrons. The molecule has 0 atom stereocenters. The number of hydrogen-bond acceptors (Lipinski definition) is 1. The van der Waals surface area contributed by atoms with E-state index in [1.807, 2.05) is 24.3 Å². The van der Waals surface area contributed by atoms with Crippen molar-refractivity contribution in [3.8, 4) is 0 Å². The fourth-order valence-electron chi connectivity index (χ4n) is 1.89. The minimum atomic E-state index is -0.497. The summed E-state index contributed by atoms with van der Waals surface area (Å²) >= 11 is 5.80. The first-order valence-corrected chi connectivity index (χ1v) is 6.82. The Kier molecular flexibility index (Phi) is 5.13. The third kappa shape index (κ3) is 4.07. The predicted molar refractivity (Wildman–Crippen MR) is 78.5 cm³/mol. The molecule has 0 aliphatic carbocycles. The van der Waals surface area contributed by atoms with Crippen molar-refractivity contribution in [2.45, 2.75) is 12.8 Å². The lowest BCUT2D eigenvalue weighted by Crippen LogP contribution is -2.25. The molecule has 0 bridgehead atoms. The van der Waals surface area contributed by atoms with Gasteiger partial charge in [0.15, 0.2) is 0 Å². The molecule has 2 nitrogen and oxygen atoms in total. The van der Waals surface area contributed by atoms with Crippen LogP contribution in [0.5, 0.6) is 0 Å². The van der Waals surface area contributed by atoms with Crippen LogP contribution in [0.3, 0.4) is 0 Å². The minimum Gasteiger partial charge on any atom is -0.352 e. The summed E-state index contributed by atoms with van der Waals surface area (Å²) in [6.45, 7) is 0.510. The van der Waals surface area contributed by atoms with Crippen LogP contribution in [0, 0.1) is 5.82 Å². The van der Waals surface area contributed by atoms with Gasteiger partial charge in [0.05, 0.1) is 5.56 Å². The average molecular weight is 292 g/mol. The summed E-state index contributed by atoms with van der Waals surface area (Å²) in [6, 6.07) is 13.6. The zero-order chi connectivity index (χ0) is 14.4. The Labute approximate surface area is 122 Å². The molecule has 4 heteroatoms. The van der Waals surface area contributed by atoms with Gasteiger partial charge >= 0.3 is 0 Å². The summed E-state index contributed by atoms with van der Waals surface area (Å²) < 4.78 is 13.4. The second-order valence-corrected chi connectivity index (χ2v) is 4.90. The van der Waals surface area contributed by atoms with Gasteiger partial charge < -0.3 is 5.32 Å². The van der Waals surface area contributed by atoms with Gasteiger partial charge in [0.25, 0.3) is 5.91 Å². The van der Waals surface area contributed by atoms with E-state index in [0.717, 1.165) is 18.4 Å². The van der Waals surface area contributed by atoms with Crippen molar-refractivity contribution in [1.29, 1.82) is 0 Å². The van der Waals surface area contributed by atoms with E-state index in [4.69, 9.17) is 11.6 Å². The average Bonchev–Trinajstić information content (AvgIpc) is 2.46. The van der Waals surface area contributed by atoms with E-state index in [1.165, 1.54) is 12.1 Å². The van der Waals surface area contributed by atoms with Crippen LogP contribution in [-0.4, -0.2) is 12.5 Å². The van der Waals surface area contributed by atoms with Gasteiger partial charge in [-0.2, -0.15) is 0 Å². The first-order chi connectivity index (χ1) is 9.66. The zero-order valence-corrected chi connectivity index (χ0v) is 11.7. The first kappa shape index (κ1) is 14.5. The molecular weight excluding hydrogens is 277 g/mol. The molecule has 0 saturated heterocycles. The van der Waals surface area contributed by atoms with E-state index in [2.05, 4.69) is 5.32 Å². The van der Waals surface area contributed by atoms with Crippen molar-refractivity contribution in [2.24, 2.45) is 0 Å². The molecule has 0 radical (unpaired) electrons. The third-order valence-corrected chi connectivity index (χ3v) is 3.21. The van der Waals surface area contributed by atoms with Gasteiger partial charge in [0.2, 0.25) is 0 Å². The number of hydrogen-bond donors (Lipinski definition) is 1. The Hall–Kier alpha value is -1.87. The Morgan fingerprint density at radius 3 is 2.50 bits per heavy atom. The van der Waals surface area contributed by atoms with Crippen LogP contribution in [0.4, 0.5) is 4.39 Å². The van der Waals surface area contributed by atoms with E-state index in [0.29, 0.717) is 11.6 Å². The highest BCUT2D eigenvalue weighted by Crippen LogP contribution is 2.11. The smallest absolute Gasteiger partial charge is 0.254 e. The Morgan fingerprint density at radius 1 is 1.10 bits per heavy atom. The first-order valence-electron chi connectivity index (χ1n) is 6.44. The SMILES string of the molecule is O=C(NCCCc1ccc(Cl)cc1)c1ccccc1F. The molecule has 2 aromatic rings. The van der Waals surface area contributed by atoms with Crippen molar-refractivity contribution >= 4 is 17.5 Å². The Balaban J connectivity index is 1.77. The lowest BCUT2D eigenvalue weighted by Gasteiger charge is -2.06. The van der Waals surface area contributed by atoms with E-state index in [1.54, 1.807) is 12.1 Å². The van der Waals surface area contributed by atoms with Crippen LogP contribution in [0.15, 0.2) is 48.5 Å². The standard InChI is InChI=1S/C16H15ClFNO/c17-13-9-7-12(8-10-13)4-3-11-19-16(20)14-5-1-2-6-15(14)18/h1-2,5-10H,3-4,11H2,(H,19,20). The van der Waals surface area contributed by atoms with Crippen molar-refractivity contribution < 1.29 is 9.18 Å². The summed E-state index contributed by atoms with van der Waals surface area (Å²) in [7, 11) is 0. The molecule has 20 heavy (non-hydrogen) atoms. The van der Waals surface area contributed by atoms with Crippen LogP contribution in [0.1, 0.15) is 22.3 Å². The molecule has 0 aliphatic heterocycles. The minimum absolute atomic E-state index is 0.0824. The molecule has 0 saturated carbocycles. The summed E-state index contributed by atoms with van der Waals surface area (Å²) in [5.41, 5.74) is 1.24. The van der Waals surface area contributed by atoms with Gasteiger partial charge in [-0.1, -0.05) is 35.9 Å². The van der Waals surface area contributed by atoms with Crippen molar-refractivity contribution in [1.82, 2.24) is 5.32 Å². The number of carbonyl (C=O) groups is 1. The number of carbonyl (C=O) groups excluding carboxylic acids is 1. The molecule has 0 aromatic heterocycles. The molecule has 2 rings (SSSR count). The second kappa shape index (κ2) is 7.06. The van der Waals surface area contributed by atoms with Gasteiger partial charge in [-0.25, -0.2) is 4.39 Å². The van der Waals surface area contributed by atoms with E-state index < -0.39 is 5.82 Å². The second-order valence-electron chi connectivity index (χ2n) is 4.47. The quantitative estimate of drug-likeness (QED) is 0.833. The molecule has 0 heterocycles. The number of rotatable bonds is 5. The van der Waals surface area contributed by atoms with Crippen molar-refractivity contribution in [3.63, 3.8) is 0 Å². The van der Waals surface area contributed by atoms with Gasteiger partial charge in [-0.15, -0.1) is 0 Å². The highest BCUT2D eigenvalue weighted by molar-refractivity contribution is 6.30. The maximum absolute atomic E-state index is 13.4. The molecule has 2 aromatic carbocycles. The highest BCUT2D eigenvalue weighted by atomic mass is 35.5. The van der Waals surface area contributed by atoms with Crippen LogP contribution in [-0.2, 0) is 6.42 Å². The van der Waals surface area contributed by atoms with E-state index >= 15 is 0 Å². The van der Waals surface area contributed by atoms with Gasteiger partial charge in [-0.3, -0.25) is 4.79 Å². The Bertz CT molecular complexity index is 583. The van der Waals surface area contributed by atoms with E-state index in [9.17, 15) is 9.18 Å². The van der Waals surface area contributed by atoms with E-state index in [-0.39, 0.29) is 11.5 Å². The van der Waals surface area contributed by atoms with Crippen LogP contribution < -0.4 is 5.32 Å². The number of benzene rings is 2. The summed E-state index contributed by atoms with van der Waals surface area (Å²) in [4.78, 5) is 11.8. The zero-order valence-electron chi connectivity index (χ0n) is 10.9. The van der Waals surface area contributed by atoms with Gasteiger partial charge in [0.1, 0.15) is 5.82 Å².